The van der Waals surface area contributed by atoms with E-state index in [9.17, 15) is 0 Å². The van der Waals surface area contributed by atoms with E-state index < -0.39 is 15.6 Å². The average molecular weight is 360 g/mol. The van der Waals surface area contributed by atoms with Crippen molar-refractivity contribution in [2.45, 2.75) is 0 Å². The zero-order valence-corrected chi connectivity index (χ0v) is 12.7. The number of hydrogen-bond acceptors (Lipinski definition) is 3. The van der Waals surface area contributed by atoms with Crippen LogP contribution < -0.4 is 0 Å². The molecule has 6 N–H and O–H groups in total. The monoisotopic (exact) mass is 359 g/mol. The van der Waals surface area contributed by atoms with E-state index in [0.717, 1.165) is 10.9 Å². The van der Waals surface area contributed by atoms with Crippen LogP contribution in [0.3, 0.4) is 0 Å². The van der Waals surface area contributed by atoms with Crippen molar-refractivity contribution in [2.24, 2.45) is 0 Å². The molecule has 0 amide bonds. The molecule has 12 heteroatoms. The van der Waals surface area contributed by atoms with Gasteiger partial charge >= 0.3 is 15.6 Å². The zero-order valence-electron chi connectivity index (χ0n) is 10.2. The van der Waals surface area contributed by atoms with Crippen LogP contribution in [0.4, 0.5) is 0 Å². The third-order valence-electron chi connectivity index (χ3n) is 1.56. The zero-order chi connectivity index (χ0) is 16.7. The summed E-state index contributed by atoms with van der Waals surface area (Å²) in [4.78, 5) is 47.3. The lowest BCUT2D eigenvalue weighted by molar-refractivity contribution is 0.272. The van der Waals surface area contributed by atoms with Crippen molar-refractivity contribution in [2.75, 3.05) is 0 Å². The van der Waals surface area contributed by atoms with E-state index in [-0.39, 0.29) is 0 Å². The second-order valence-corrected chi connectivity index (χ2v) is 5.79. The van der Waals surface area contributed by atoms with Crippen LogP contribution in [0.1, 0.15) is 0 Å². The maximum atomic E-state index is 8.88. The van der Waals surface area contributed by atoms with Crippen LogP contribution in [0.2, 0.25) is 5.15 Å². The topological polar surface area (TPSA) is 168 Å². The second kappa shape index (κ2) is 8.55. The van der Waals surface area contributed by atoms with Crippen LogP contribution in [0, 0.1) is 0 Å². The van der Waals surface area contributed by atoms with Crippen molar-refractivity contribution in [3.05, 3.63) is 41.6 Å². The Morgan fingerprint density at radius 1 is 0.810 bits per heavy atom. The van der Waals surface area contributed by atoms with Gasteiger partial charge in [0.05, 0.1) is 5.52 Å². The summed E-state index contributed by atoms with van der Waals surface area (Å²) in [6, 6.07) is 11.7. The third kappa shape index (κ3) is 15.3. The van der Waals surface area contributed by atoms with Gasteiger partial charge in [-0.1, -0.05) is 29.8 Å². The van der Waals surface area contributed by atoms with Gasteiger partial charge in [0.1, 0.15) is 5.15 Å². The lowest BCUT2D eigenvalue weighted by Gasteiger charge is -1.94. The quantitative estimate of drug-likeness (QED) is 0.297. The van der Waals surface area contributed by atoms with Crippen molar-refractivity contribution in [3.63, 3.8) is 0 Å². The van der Waals surface area contributed by atoms with E-state index in [4.69, 9.17) is 50.1 Å². The maximum Gasteiger partial charge on any atom is 0.466 e. The van der Waals surface area contributed by atoms with E-state index in [0.29, 0.717) is 5.15 Å². The second-order valence-electron chi connectivity index (χ2n) is 3.35. The fourth-order valence-electron chi connectivity index (χ4n) is 1.04. The molecular formula is C9H12ClNO8P2. The molecule has 0 radical (unpaired) electrons. The lowest BCUT2D eigenvalue weighted by atomic mass is 10.2. The van der Waals surface area contributed by atoms with Gasteiger partial charge in [0.25, 0.3) is 0 Å². The molecule has 0 bridgehead atoms. The Balaban J connectivity index is 0.000000340. The Kier molecular flexibility index (Phi) is 8.20. The van der Waals surface area contributed by atoms with Crippen LogP contribution in [0.5, 0.6) is 0 Å². The summed E-state index contributed by atoms with van der Waals surface area (Å²) in [5, 5.41) is 1.67. The van der Waals surface area contributed by atoms with Crippen molar-refractivity contribution < 1.29 is 38.5 Å². The number of aromatic nitrogens is 1. The number of hydrogen-bond donors (Lipinski definition) is 6. The minimum atomic E-state index is -4.64. The minimum Gasteiger partial charge on any atom is -0.303 e. The van der Waals surface area contributed by atoms with Gasteiger partial charge in [-0.15, -0.1) is 0 Å². The van der Waals surface area contributed by atoms with Crippen molar-refractivity contribution in [1.82, 2.24) is 4.98 Å². The first-order valence-corrected chi connectivity index (χ1v) is 8.45. The van der Waals surface area contributed by atoms with E-state index in [1.165, 1.54) is 0 Å². The molecule has 118 valence electrons. The summed E-state index contributed by atoms with van der Waals surface area (Å²) in [5.74, 6) is 0. The van der Waals surface area contributed by atoms with Crippen molar-refractivity contribution >= 4 is 38.1 Å². The Bertz CT molecular complexity index is 633. The third-order valence-corrected chi connectivity index (χ3v) is 1.77. The maximum absolute atomic E-state index is 8.88. The molecule has 0 aliphatic rings. The molecule has 21 heavy (non-hydrogen) atoms. The molecule has 9 nitrogen and oxygen atoms in total. The predicted molar refractivity (Wildman–Crippen MR) is 75.3 cm³/mol. The highest BCUT2D eigenvalue weighted by atomic mass is 35.5. The fraction of sp³-hybridized carbons (Fsp3) is 0. The Morgan fingerprint density at radius 2 is 1.24 bits per heavy atom. The number of nitrogens with zero attached hydrogens (tertiary/aromatic N) is 1. The molecule has 0 aliphatic heterocycles. The standard InChI is InChI=1S/C9H6ClN.2H3O4P/c10-9-6-5-7-3-1-2-4-8(7)11-9;2*1-5(2,3)4/h1-6H;2*(H3,1,2,3,4). The molecule has 0 spiro atoms. The number of phosphoric acid groups is 2. The first-order valence-electron chi connectivity index (χ1n) is 4.94. The summed E-state index contributed by atoms with van der Waals surface area (Å²) in [5.41, 5.74) is 0.944. The van der Waals surface area contributed by atoms with Gasteiger partial charge in [0.15, 0.2) is 0 Å². The van der Waals surface area contributed by atoms with Gasteiger partial charge in [-0.3, -0.25) is 0 Å². The van der Waals surface area contributed by atoms with Gasteiger partial charge in [-0.2, -0.15) is 0 Å². The highest BCUT2D eigenvalue weighted by Crippen LogP contribution is 2.26. The molecule has 0 atom stereocenters. The summed E-state index contributed by atoms with van der Waals surface area (Å²) < 4.78 is 17.8. The molecule has 2 rings (SSSR count). The van der Waals surface area contributed by atoms with E-state index >= 15 is 0 Å². The van der Waals surface area contributed by atoms with Crippen LogP contribution in [-0.4, -0.2) is 34.3 Å². The molecule has 0 unspecified atom stereocenters. The molecule has 1 heterocycles. The van der Waals surface area contributed by atoms with Crippen LogP contribution in [0.25, 0.3) is 10.9 Å². The Morgan fingerprint density at radius 3 is 1.71 bits per heavy atom. The molecule has 0 saturated carbocycles. The van der Waals surface area contributed by atoms with Crippen LogP contribution >= 0.6 is 27.2 Å². The number of pyridine rings is 1. The SMILES string of the molecule is Clc1ccc2ccccc2n1.O=P(O)(O)O.O=P(O)(O)O. The van der Waals surface area contributed by atoms with Gasteiger partial charge < -0.3 is 29.4 Å². The normalized spacial score (nSPS) is 11.0. The summed E-state index contributed by atoms with van der Waals surface area (Å²) in [6.07, 6.45) is 0. The molecule has 1 aromatic carbocycles. The minimum absolute atomic E-state index is 0.545. The highest BCUT2D eigenvalue weighted by molar-refractivity contribution is 7.45. The Labute approximate surface area is 124 Å². The predicted octanol–water partition coefficient (Wildman–Crippen LogP) is 1.03. The number of para-hydroxylation sites is 1. The van der Waals surface area contributed by atoms with Crippen molar-refractivity contribution in [3.8, 4) is 0 Å². The molecule has 0 aliphatic carbocycles. The summed E-state index contributed by atoms with van der Waals surface area (Å²) in [7, 11) is -9.28. The van der Waals surface area contributed by atoms with E-state index in [1.54, 1.807) is 6.07 Å². The smallest absolute Gasteiger partial charge is 0.303 e. The van der Waals surface area contributed by atoms with Crippen molar-refractivity contribution in [1.29, 1.82) is 0 Å². The molecule has 1 aromatic heterocycles. The molecular weight excluding hydrogens is 347 g/mol. The van der Waals surface area contributed by atoms with Crippen LogP contribution in [-0.2, 0) is 9.13 Å². The van der Waals surface area contributed by atoms with Gasteiger partial charge in [0.2, 0.25) is 0 Å². The lowest BCUT2D eigenvalue weighted by Crippen LogP contribution is -1.76. The fourth-order valence-corrected chi connectivity index (χ4v) is 1.20. The number of rotatable bonds is 0. The summed E-state index contributed by atoms with van der Waals surface area (Å²) >= 11 is 5.71. The first kappa shape index (κ1) is 20.1. The largest absolute Gasteiger partial charge is 0.466 e. The van der Waals surface area contributed by atoms with E-state index in [2.05, 4.69) is 4.98 Å². The highest BCUT2D eigenvalue weighted by Gasteiger charge is 2.00. The Hall–Kier alpha value is -0.860. The molecule has 0 saturated heterocycles. The summed E-state index contributed by atoms with van der Waals surface area (Å²) in [6.45, 7) is 0. The molecule has 2 aromatic rings. The first-order chi connectivity index (χ1) is 9.36. The van der Waals surface area contributed by atoms with Gasteiger partial charge in [-0.05, 0) is 18.2 Å². The van der Waals surface area contributed by atoms with E-state index in [1.807, 2.05) is 30.3 Å². The number of halogens is 1. The number of fused-ring (bicyclic) bond motifs is 1. The molecule has 0 fully saturated rings. The average Bonchev–Trinajstić information content (AvgIpc) is 2.24. The number of benzene rings is 1. The van der Waals surface area contributed by atoms with Gasteiger partial charge in [0, 0.05) is 5.39 Å². The van der Waals surface area contributed by atoms with Gasteiger partial charge in [-0.25, -0.2) is 14.1 Å². The van der Waals surface area contributed by atoms with Crippen LogP contribution in [0.15, 0.2) is 36.4 Å².